The fourth-order valence-corrected chi connectivity index (χ4v) is 2.93. The number of amides is 2. The molecule has 2 amide bonds. The number of nitrogens with zero attached hydrogens (tertiary/aromatic N) is 3. The topological polar surface area (TPSA) is 69.0 Å². The van der Waals surface area contributed by atoms with Crippen LogP contribution in [-0.4, -0.2) is 29.0 Å². The van der Waals surface area contributed by atoms with E-state index in [9.17, 15) is 10.1 Å². The van der Waals surface area contributed by atoms with Crippen LogP contribution in [-0.2, 0) is 6.54 Å². The summed E-state index contributed by atoms with van der Waals surface area (Å²) in [5.74, 6) is -0.0908. The van der Waals surface area contributed by atoms with Gasteiger partial charge in [0.15, 0.2) is 0 Å². The molecule has 23 heavy (non-hydrogen) atoms. The van der Waals surface area contributed by atoms with E-state index in [1.54, 1.807) is 17.3 Å². The summed E-state index contributed by atoms with van der Waals surface area (Å²) in [5, 5.41) is 12.3. The van der Waals surface area contributed by atoms with E-state index >= 15 is 0 Å². The SMILES string of the molecule is N#C[C@@H]1CN(C(=O)NCc2cccnc2)C[C@H]1c1ccccc1. The van der Waals surface area contributed by atoms with Gasteiger partial charge in [-0.1, -0.05) is 36.4 Å². The first-order valence-corrected chi connectivity index (χ1v) is 7.64. The molecule has 2 aromatic rings. The largest absolute Gasteiger partial charge is 0.334 e. The predicted molar refractivity (Wildman–Crippen MR) is 86.3 cm³/mol. The van der Waals surface area contributed by atoms with Gasteiger partial charge in [0.25, 0.3) is 0 Å². The van der Waals surface area contributed by atoms with E-state index in [1.807, 2.05) is 42.5 Å². The van der Waals surface area contributed by atoms with Gasteiger partial charge in [0, 0.05) is 37.9 Å². The molecule has 5 nitrogen and oxygen atoms in total. The van der Waals surface area contributed by atoms with Gasteiger partial charge >= 0.3 is 6.03 Å². The highest BCUT2D eigenvalue weighted by molar-refractivity contribution is 5.74. The van der Waals surface area contributed by atoms with E-state index in [4.69, 9.17) is 0 Å². The number of carbonyl (C=O) groups is 1. The van der Waals surface area contributed by atoms with Crippen LogP contribution in [0, 0.1) is 17.2 Å². The van der Waals surface area contributed by atoms with E-state index in [0.717, 1.165) is 11.1 Å². The second kappa shape index (κ2) is 6.93. The first-order valence-electron chi connectivity index (χ1n) is 7.64. The summed E-state index contributed by atoms with van der Waals surface area (Å²) < 4.78 is 0. The Balaban J connectivity index is 1.63. The van der Waals surface area contributed by atoms with E-state index in [1.165, 1.54) is 0 Å². The molecule has 2 atom stereocenters. The molecule has 1 fully saturated rings. The highest BCUT2D eigenvalue weighted by atomic mass is 16.2. The number of aromatic nitrogens is 1. The van der Waals surface area contributed by atoms with Gasteiger partial charge in [-0.3, -0.25) is 4.98 Å². The Morgan fingerprint density at radius 3 is 2.78 bits per heavy atom. The number of rotatable bonds is 3. The Kier molecular flexibility index (Phi) is 4.53. The van der Waals surface area contributed by atoms with Crippen LogP contribution in [0.5, 0.6) is 0 Å². The number of carbonyl (C=O) groups excluding carboxylic acids is 1. The molecule has 1 aromatic heterocycles. The second-order valence-corrected chi connectivity index (χ2v) is 5.68. The molecule has 0 spiro atoms. The average molecular weight is 306 g/mol. The van der Waals surface area contributed by atoms with Gasteiger partial charge in [-0.05, 0) is 17.2 Å². The zero-order valence-corrected chi connectivity index (χ0v) is 12.7. The standard InChI is InChI=1S/C18H18N4O/c19-9-16-12-22(13-17(16)15-6-2-1-3-7-15)18(23)21-11-14-5-4-8-20-10-14/h1-8,10,16-17H,11-13H2,(H,21,23)/t16-,17+/m1/s1. The highest BCUT2D eigenvalue weighted by Crippen LogP contribution is 2.32. The third-order valence-electron chi connectivity index (χ3n) is 4.17. The summed E-state index contributed by atoms with van der Waals surface area (Å²) >= 11 is 0. The van der Waals surface area contributed by atoms with Crippen molar-refractivity contribution in [1.29, 1.82) is 5.26 Å². The lowest BCUT2D eigenvalue weighted by molar-refractivity contribution is 0.207. The van der Waals surface area contributed by atoms with Gasteiger partial charge in [0.05, 0.1) is 12.0 Å². The molecule has 0 radical (unpaired) electrons. The van der Waals surface area contributed by atoms with Crippen molar-refractivity contribution in [1.82, 2.24) is 15.2 Å². The zero-order valence-electron chi connectivity index (χ0n) is 12.7. The van der Waals surface area contributed by atoms with E-state index in [2.05, 4.69) is 16.4 Å². The Labute approximate surface area is 135 Å². The first kappa shape index (κ1) is 15.0. The van der Waals surface area contributed by atoms with Gasteiger partial charge in [-0.2, -0.15) is 5.26 Å². The summed E-state index contributed by atoms with van der Waals surface area (Å²) in [5.41, 5.74) is 2.07. The maximum absolute atomic E-state index is 12.3. The summed E-state index contributed by atoms with van der Waals surface area (Å²) in [7, 11) is 0. The average Bonchev–Trinajstić information content (AvgIpc) is 3.06. The van der Waals surface area contributed by atoms with Gasteiger partial charge in [-0.25, -0.2) is 4.79 Å². The molecule has 0 unspecified atom stereocenters. The first-order chi connectivity index (χ1) is 11.3. The lowest BCUT2D eigenvalue weighted by Gasteiger charge is -2.17. The van der Waals surface area contributed by atoms with Crippen molar-refractivity contribution < 1.29 is 4.79 Å². The number of hydrogen-bond acceptors (Lipinski definition) is 3. The van der Waals surface area contributed by atoms with E-state index in [0.29, 0.717) is 19.6 Å². The van der Waals surface area contributed by atoms with Gasteiger partial charge in [-0.15, -0.1) is 0 Å². The van der Waals surface area contributed by atoms with Crippen molar-refractivity contribution in [2.45, 2.75) is 12.5 Å². The Morgan fingerprint density at radius 2 is 2.09 bits per heavy atom. The van der Waals surface area contributed by atoms with Crippen molar-refractivity contribution in [3.05, 3.63) is 66.0 Å². The van der Waals surface area contributed by atoms with Crippen LogP contribution in [0.25, 0.3) is 0 Å². The molecular weight excluding hydrogens is 288 g/mol. The number of benzene rings is 1. The van der Waals surface area contributed by atoms with Crippen molar-refractivity contribution in [3.8, 4) is 6.07 Å². The monoisotopic (exact) mass is 306 g/mol. The number of hydrogen-bond donors (Lipinski definition) is 1. The van der Waals surface area contributed by atoms with Crippen LogP contribution in [0.3, 0.4) is 0 Å². The molecule has 2 heterocycles. The molecule has 1 saturated heterocycles. The van der Waals surface area contributed by atoms with Gasteiger partial charge < -0.3 is 10.2 Å². The smallest absolute Gasteiger partial charge is 0.317 e. The number of pyridine rings is 1. The van der Waals surface area contributed by atoms with Gasteiger partial charge in [0.2, 0.25) is 0 Å². The number of likely N-dealkylation sites (tertiary alicyclic amines) is 1. The third-order valence-corrected chi connectivity index (χ3v) is 4.17. The van der Waals surface area contributed by atoms with Crippen molar-refractivity contribution in [3.63, 3.8) is 0 Å². The lowest BCUT2D eigenvalue weighted by Crippen LogP contribution is -2.38. The summed E-state index contributed by atoms with van der Waals surface area (Å²) in [6.07, 6.45) is 3.43. The molecule has 116 valence electrons. The predicted octanol–water partition coefficient (Wildman–Crippen LogP) is 2.53. The fraction of sp³-hybridized carbons (Fsp3) is 0.278. The number of nitriles is 1. The highest BCUT2D eigenvalue weighted by Gasteiger charge is 2.36. The van der Waals surface area contributed by atoms with Crippen molar-refractivity contribution in [2.24, 2.45) is 5.92 Å². The van der Waals surface area contributed by atoms with Crippen LogP contribution >= 0.6 is 0 Å². The minimum absolute atomic E-state index is 0.0744. The minimum atomic E-state index is -0.165. The Morgan fingerprint density at radius 1 is 1.26 bits per heavy atom. The lowest BCUT2D eigenvalue weighted by atomic mass is 9.90. The third kappa shape index (κ3) is 3.49. The van der Waals surface area contributed by atoms with Gasteiger partial charge in [0.1, 0.15) is 0 Å². The van der Waals surface area contributed by atoms with Crippen LogP contribution in [0.15, 0.2) is 54.9 Å². The normalized spacial score (nSPS) is 20.0. The van der Waals surface area contributed by atoms with Crippen LogP contribution in [0.2, 0.25) is 0 Å². The van der Waals surface area contributed by atoms with E-state index < -0.39 is 0 Å². The molecule has 1 aromatic carbocycles. The molecular formula is C18H18N4O. The maximum atomic E-state index is 12.3. The zero-order chi connectivity index (χ0) is 16.1. The minimum Gasteiger partial charge on any atom is -0.334 e. The molecule has 0 saturated carbocycles. The Bertz CT molecular complexity index is 696. The van der Waals surface area contributed by atoms with Crippen molar-refractivity contribution in [2.75, 3.05) is 13.1 Å². The second-order valence-electron chi connectivity index (χ2n) is 5.68. The summed E-state index contributed by atoms with van der Waals surface area (Å²) in [6, 6.07) is 15.9. The molecule has 1 N–H and O–H groups in total. The maximum Gasteiger partial charge on any atom is 0.317 e. The van der Waals surface area contributed by atoms with Crippen LogP contribution < -0.4 is 5.32 Å². The molecule has 1 aliphatic heterocycles. The van der Waals surface area contributed by atoms with Crippen LogP contribution in [0.1, 0.15) is 17.0 Å². The molecule has 1 aliphatic rings. The quantitative estimate of drug-likeness (QED) is 0.947. The van der Waals surface area contributed by atoms with E-state index in [-0.39, 0.29) is 17.9 Å². The molecule has 3 rings (SSSR count). The summed E-state index contributed by atoms with van der Waals surface area (Å²) in [6.45, 7) is 1.48. The molecule has 5 heteroatoms. The fourth-order valence-electron chi connectivity index (χ4n) is 2.93. The summed E-state index contributed by atoms with van der Waals surface area (Å²) in [4.78, 5) is 18.1. The number of nitrogens with one attached hydrogen (secondary N) is 1. The Hall–Kier alpha value is -2.87. The van der Waals surface area contributed by atoms with Crippen LogP contribution in [0.4, 0.5) is 4.79 Å². The number of urea groups is 1. The molecule has 0 aliphatic carbocycles. The molecule has 0 bridgehead atoms. The van der Waals surface area contributed by atoms with Crippen molar-refractivity contribution >= 4 is 6.03 Å².